The molecule has 1 saturated heterocycles. The molecule has 2 rings (SSSR count). The highest BCUT2D eigenvalue weighted by Gasteiger charge is 2.23. The lowest BCUT2D eigenvalue weighted by molar-refractivity contribution is 0.157. The van der Waals surface area contributed by atoms with Gasteiger partial charge in [-0.2, -0.15) is 0 Å². The molecule has 1 fully saturated rings. The number of rotatable bonds is 3. The molecule has 1 aliphatic rings. The molecule has 1 aromatic heterocycles. The zero-order chi connectivity index (χ0) is 10.8. The van der Waals surface area contributed by atoms with Gasteiger partial charge in [0, 0.05) is 5.56 Å². The number of nitrogens with zero attached hydrogens (tertiary/aromatic N) is 1. The second-order valence-electron chi connectivity index (χ2n) is 3.53. The summed E-state index contributed by atoms with van der Waals surface area (Å²) in [6.07, 6.45) is -0.259. The van der Waals surface area contributed by atoms with Crippen molar-refractivity contribution in [3.63, 3.8) is 0 Å². The third kappa shape index (κ3) is 1.97. The molecule has 82 valence electrons. The van der Waals surface area contributed by atoms with E-state index in [0.29, 0.717) is 26.2 Å². The molecule has 2 heterocycles. The lowest BCUT2D eigenvalue weighted by Gasteiger charge is -2.10. The van der Waals surface area contributed by atoms with Gasteiger partial charge in [-0.25, -0.2) is 4.79 Å². The summed E-state index contributed by atoms with van der Waals surface area (Å²) in [4.78, 5) is 12.9. The van der Waals surface area contributed by atoms with Gasteiger partial charge < -0.3 is 19.8 Å². The van der Waals surface area contributed by atoms with Crippen LogP contribution in [0.25, 0.3) is 0 Å². The SMILES string of the molecule is Cc1oc(CN)cc1CN1CCOC1=O. The Balaban J connectivity index is 2.09. The number of cyclic esters (lactones) is 1. The van der Waals surface area contributed by atoms with Crippen LogP contribution >= 0.6 is 0 Å². The first-order valence-corrected chi connectivity index (χ1v) is 4.90. The van der Waals surface area contributed by atoms with Crippen molar-refractivity contribution in [2.75, 3.05) is 13.2 Å². The topological polar surface area (TPSA) is 68.7 Å². The summed E-state index contributed by atoms with van der Waals surface area (Å²) < 4.78 is 10.2. The summed E-state index contributed by atoms with van der Waals surface area (Å²) in [5, 5.41) is 0. The number of hydrogen-bond donors (Lipinski definition) is 1. The Hall–Kier alpha value is -1.49. The zero-order valence-electron chi connectivity index (χ0n) is 8.66. The van der Waals surface area contributed by atoms with E-state index in [1.807, 2.05) is 13.0 Å². The lowest BCUT2D eigenvalue weighted by Crippen LogP contribution is -2.23. The quantitative estimate of drug-likeness (QED) is 0.808. The molecule has 0 spiro atoms. The minimum Gasteiger partial charge on any atom is -0.465 e. The van der Waals surface area contributed by atoms with Crippen LogP contribution in [0.15, 0.2) is 10.5 Å². The van der Waals surface area contributed by atoms with Crippen LogP contribution in [0, 0.1) is 6.92 Å². The first-order chi connectivity index (χ1) is 7.20. The van der Waals surface area contributed by atoms with Gasteiger partial charge >= 0.3 is 6.09 Å². The molecule has 0 bridgehead atoms. The van der Waals surface area contributed by atoms with Gasteiger partial charge in [-0.3, -0.25) is 0 Å². The number of carbonyl (C=O) groups excluding carboxylic acids is 1. The monoisotopic (exact) mass is 210 g/mol. The van der Waals surface area contributed by atoms with E-state index in [2.05, 4.69) is 0 Å². The number of furan rings is 1. The maximum Gasteiger partial charge on any atom is 0.410 e. The maximum absolute atomic E-state index is 11.2. The van der Waals surface area contributed by atoms with E-state index in [4.69, 9.17) is 14.9 Å². The van der Waals surface area contributed by atoms with Crippen LogP contribution in [-0.4, -0.2) is 24.1 Å². The van der Waals surface area contributed by atoms with Crippen LogP contribution in [-0.2, 0) is 17.8 Å². The van der Waals surface area contributed by atoms with Crippen LogP contribution in [0.2, 0.25) is 0 Å². The second kappa shape index (κ2) is 3.94. The Morgan fingerprint density at radius 2 is 2.40 bits per heavy atom. The van der Waals surface area contributed by atoms with Crippen molar-refractivity contribution in [3.05, 3.63) is 23.2 Å². The van der Waals surface area contributed by atoms with E-state index >= 15 is 0 Å². The molecule has 1 amide bonds. The van der Waals surface area contributed by atoms with Crippen molar-refractivity contribution in [1.29, 1.82) is 0 Å². The molecule has 15 heavy (non-hydrogen) atoms. The number of ether oxygens (including phenoxy) is 1. The predicted molar refractivity (Wildman–Crippen MR) is 53.1 cm³/mol. The molecule has 2 N–H and O–H groups in total. The van der Waals surface area contributed by atoms with Crippen LogP contribution < -0.4 is 5.73 Å². The zero-order valence-corrected chi connectivity index (χ0v) is 8.66. The van der Waals surface area contributed by atoms with Crippen molar-refractivity contribution in [2.24, 2.45) is 5.73 Å². The number of nitrogens with two attached hydrogens (primary N) is 1. The van der Waals surface area contributed by atoms with Crippen LogP contribution in [0.1, 0.15) is 17.1 Å². The average molecular weight is 210 g/mol. The molecule has 1 aromatic rings. The van der Waals surface area contributed by atoms with Crippen molar-refractivity contribution >= 4 is 6.09 Å². The molecular weight excluding hydrogens is 196 g/mol. The summed E-state index contributed by atoms with van der Waals surface area (Å²) in [6, 6.07) is 1.89. The lowest BCUT2D eigenvalue weighted by atomic mass is 10.2. The molecular formula is C10H14N2O3. The molecule has 0 atom stereocenters. The fourth-order valence-corrected chi connectivity index (χ4v) is 1.62. The van der Waals surface area contributed by atoms with E-state index in [1.165, 1.54) is 0 Å². The molecule has 5 heteroatoms. The molecule has 0 saturated carbocycles. The normalized spacial score (nSPS) is 15.9. The van der Waals surface area contributed by atoms with E-state index in [0.717, 1.165) is 17.1 Å². The third-order valence-electron chi connectivity index (χ3n) is 2.48. The van der Waals surface area contributed by atoms with Crippen LogP contribution in [0.3, 0.4) is 0 Å². The summed E-state index contributed by atoms with van der Waals surface area (Å²) in [7, 11) is 0. The highest BCUT2D eigenvalue weighted by atomic mass is 16.6. The average Bonchev–Trinajstić information content (AvgIpc) is 2.76. The summed E-state index contributed by atoms with van der Waals surface area (Å²) in [5.41, 5.74) is 6.46. The van der Waals surface area contributed by atoms with Gasteiger partial charge in [0.05, 0.1) is 19.6 Å². The number of amides is 1. The van der Waals surface area contributed by atoms with E-state index in [1.54, 1.807) is 4.90 Å². The molecule has 0 aliphatic carbocycles. The van der Waals surface area contributed by atoms with Gasteiger partial charge in [0.2, 0.25) is 0 Å². The van der Waals surface area contributed by atoms with Gasteiger partial charge in [0.1, 0.15) is 18.1 Å². The predicted octanol–water partition coefficient (Wildman–Crippen LogP) is 0.999. The van der Waals surface area contributed by atoms with Crippen molar-refractivity contribution in [2.45, 2.75) is 20.0 Å². The number of aryl methyl sites for hydroxylation is 1. The van der Waals surface area contributed by atoms with Crippen LogP contribution in [0.4, 0.5) is 4.79 Å². The maximum atomic E-state index is 11.2. The Bertz CT molecular complexity index is 373. The van der Waals surface area contributed by atoms with Gasteiger partial charge in [-0.1, -0.05) is 0 Å². The van der Waals surface area contributed by atoms with Gasteiger partial charge in [0.25, 0.3) is 0 Å². The first kappa shape index (κ1) is 10.0. The number of carbonyl (C=O) groups is 1. The van der Waals surface area contributed by atoms with Gasteiger partial charge in [-0.15, -0.1) is 0 Å². The van der Waals surface area contributed by atoms with Gasteiger partial charge in [0.15, 0.2) is 0 Å². The van der Waals surface area contributed by atoms with Crippen LogP contribution in [0.5, 0.6) is 0 Å². The van der Waals surface area contributed by atoms with E-state index in [-0.39, 0.29) is 6.09 Å². The molecule has 0 aromatic carbocycles. The third-order valence-corrected chi connectivity index (χ3v) is 2.48. The van der Waals surface area contributed by atoms with Crippen molar-refractivity contribution in [1.82, 2.24) is 4.90 Å². The Morgan fingerprint density at radius 3 is 2.93 bits per heavy atom. The summed E-state index contributed by atoms with van der Waals surface area (Å²) in [6.45, 7) is 3.90. The molecule has 1 aliphatic heterocycles. The fourth-order valence-electron chi connectivity index (χ4n) is 1.62. The molecule has 0 radical (unpaired) electrons. The Morgan fingerprint density at radius 1 is 1.60 bits per heavy atom. The second-order valence-corrected chi connectivity index (χ2v) is 3.53. The standard InChI is InChI=1S/C10H14N2O3/c1-7-8(4-9(5-11)15-7)6-12-2-3-14-10(12)13/h4H,2-3,5-6,11H2,1H3. The Labute approximate surface area is 87.8 Å². The van der Waals surface area contributed by atoms with Crippen molar-refractivity contribution < 1.29 is 13.9 Å². The minimum absolute atomic E-state index is 0.259. The first-order valence-electron chi connectivity index (χ1n) is 4.90. The number of hydrogen-bond acceptors (Lipinski definition) is 4. The fraction of sp³-hybridized carbons (Fsp3) is 0.500. The van der Waals surface area contributed by atoms with E-state index in [9.17, 15) is 4.79 Å². The minimum atomic E-state index is -0.259. The summed E-state index contributed by atoms with van der Waals surface area (Å²) >= 11 is 0. The highest BCUT2D eigenvalue weighted by Crippen LogP contribution is 2.18. The molecule has 5 nitrogen and oxygen atoms in total. The molecule has 0 unspecified atom stereocenters. The summed E-state index contributed by atoms with van der Waals surface area (Å²) in [5.74, 6) is 1.56. The van der Waals surface area contributed by atoms with Crippen molar-refractivity contribution in [3.8, 4) is 0 Å². The highest BCUT2D eigenvalue weighted by molar-refractivity contribution is 5.69. The smallest absolute Gasteiger partial charge is 0.410 e. The van der Waals surface area contributed by atoms with Gasteiger partial charge in [-0.05, 0) is 13.0 Å². The van der Waals surface area contributed by atoms with E-state index < -0.39 is 0 Å². The largest absolute Gasteiger partial charge is 0.465 e. The Kier molecular flexibility index (Phi) is 2.64.